The topological polar surface area (TPSA) is 421 Å². The molecule has 2 aliphatic heterocycles. The summed E-state index contributed by atoms with van der Waals surface area (Å²) in [4.78, 5) is 167. The second-order valence-corrected chi connectivity index (χ2v) is 33.2. The predicted octanol–water partition coefficient (Wildman–Crippen LogP) is 13.0. The van der Waals surface area contributed by atoms with Crippen LogP contribution >= 0.6 is 36.4 Å². The molecule has 2 aliphatic rings. The summed E-state index contributed by atoms with van der Waals surface area (Å²) in [5, 5.41) is 38.1. The van der Waals surface area contributed by atoms with Crippen LogP contribution < -0.4 is 39.1 Å². The third kappa shape index (κ3) is 54.1. The summed E-state index contributed by atoms with van der Waals surface area (Å²) in [5.41, 5.74) is 13.0. The summed E-state index contributed by atoms with van der Waals surface area (Å²) in [6, 6.07) is 19.9. The number of hydrogen-bond donors (Lipinski definition) is 7. The number of methoxy groups -OCH3 is 1. The fraction of sp³-hybridized carbons (Fsp3) is 0.596. The number of aromatic hydroxyl groups is 2. The van der Waals surface area contributed by atoms with Crippen LogP contribution in [-0.4, -0.2) is 214 Å². The molecule has 4 bridgehead atoms. The van der Waals surface area contributed by atoms with E-state index in [0.717, 1.165) is 42.4 Å². The third-order valence-electron chi connectivity index (χ3n) is 19.1. The van der Waals surface area contributed by atoms with Gasteiger partial charge in [0.2, 0.25) is 23.6 Å². The first kappa shape index (κ1) is 133. The number of likely N-dealkylation sites (N-methyl/N-ethyl adjacent to an activating group) is 1. The first-order chi connectivity index (χ1) is 56.4. The van der Waals surface area contributed by atoms with Gasteiger partial charge in [-0.25, -0.2) is 5.06 Å². The number of nitrogens with two attached hydrogens (primary N) is 2. The number of nitrogens with zero attached hydrogens (tertiary/aromatic N) is 2. The van der Waals surface area contributed by atoms with Crippen LogP contribution in [0.4, 0.5) is 0 Å². The maximum absolute atomic E-state index is 14.6. The maximum Gasteiger partial charge on any atom is 2.00 e. The minimum absolute atomic E-state index is 0. The van der Waals surface area contributed by atoms with E-state index in [0.29, 0.717) is 73.2 Å². The van der Waals surface area contributed by atoms with Gasteiger partial charge in [0.15, 0.2) is 17.3 Å². The van der Waals surface area contributed by atoms with E-state index in [4.69, 9.17) is 52.0 Å². The van der Waals surface area contributed by atoms with Crippen molar-refractivity contribution in [2.24, 2.45) is 41.1 Å². The monoisotopic (exact) mass is 1920 g/mol. The first-order valence-electron chi connectivity index (χ1n) is 41.6. The van der Waals surface area contributed by atoms with E-state index in [2.05, 4.69) is 15.4 Å². The molecule has 6 rings (SSSR count). The van der Waals surface area contributed by atoms with E-state index in [9.17, 15) is 72.5 Å². The molecule has 4 amide bonds. The minimum Gasteiger partial charge on any atom is -1.00 e. The predicted molar refractivity (Wildman–Crippen MR) is 501 cm³/mol. The molecule has 9 atom stereocenters. The molecule has 0 unspecified atom stereocenters. The number of carbonyl (C=O) groups is 13. The molecule has 0 radical (unpaired) electrons. The normalized spacial score (nSPS) is 15.0. The van der Waals surface area contributed by atoms with Crippen LogP contribution in [0.5, 0.6) is 11.5 Å². The van der Waals surface area contributed by atoms with Crippen molar-refractivity contribution in [2.75, 3.05) is 54.7 Å². The van der Waals surface area contributed by atoms with E-state index in [1.165, 1.54) is 84.0 Å². The number of hydrogen-bond acceptors (Lipinski definition) is 23. The van der Waals surface area contributed by atoms with Crippen LogP contribution in [0.25, 0.3) is 22.3 Å². The summed E-state index contributed by atoms with van der Waals surface area (Å²) in [6.07, 6.45) is 6.55. The van der Waals surface area contributed by atoms with E-state index in [-0.39, 0.29) is 194 Å². The SMILES string of the molecule is C.C1CCOC1.CCOC.CC[C@H](CC(=O)OC(C)(C)C)C(=O)N(C)OC.CC[C@H](CC(=O)OC(C)(C)C)C(=O)O.CC[C@H](CC(=O)OC(C)(C)C)C(C)=O.CC[C@H](N)C(C)=O.CC[C@H](NC(=O)[C@@H]1Cc2ccc(O)c(c2)-c2cc(ccc2O)[C@H](N(C)C(=O)[C@H](CCCCN)CC(=O)c2ccc(-c3ccc(Cl)cc3)cc2)C(=O)C[C@@H](C)C(=O)N1)C(C)=O.Cl.Cl.[Br-].[CH3-].[Mg+2]. The van der Waals surface area contributed by atoms with E-state index < -0.39 is 94.0 Å². The molecule has 4 aromatic rings. The van der Waals surface area contributed by atoms with Crippen LogP contribution in [0.2, 0.25) is 5.02 Å². The minimum atomic E-state index is -1.27. The summed E-state index contributed by atoms with van der Waals surface area (Å²) < 4.78 is 24.8. The van der Waals surface area contributed by atoms with Gasteiger partial charge >= 0.3 is 46.9 Å². The molecular formula is C94H150BrCl3MgN6O22. The quantitative estimate of drug-likeness (QED) is 0.00485. The maximum atomic E-state index is 14.6. The van der Waals surface area contributed by atoms with Crippen molar-refractivity contribution in [3.05, 3.63) is 114 Å². The zero-order valence-electron chi connectivity index (χ0n) is 78.8. The van der Waals surface area contributed by atoms with Gasteiger partial charge in [0.1, 0.15) is 52.0 Å². The average Bonchev–Trinajstić information content (AvgIpc) is 0.936. The van der Waals surface area contributed by atoms with Crippen molar-refractivity contribution < 1.29 is 123 Å². The van der Waals surface area contributed by atoms with E-state index >= 15 is 0 Å². The van der Waals surface area contributed by atoms with Gasteiger partial charge in [-0.1, -0.05) is 116 Å². The molecule has 4 aromatic carbocycles. The fourth-order valence-corrected chi connectivity index (χ4v) is 12.0. The number of phenols is 2. The Bertz CT molecular complexity index is 3890. The van der Waals surface area contributed by atoms with Crippen LogP contribution in [0.15, 0.2) is 84.9 Å². The Morgan fingerprint density at radius 1 is 0.606 bits per heavy atom. The van der Waals surface area contributed by atoms with Crippen LogP contribution in [0.3, 0.4) is 0 Å². The van der Waals surface area contributed by atoms with Gasteiger partial charge in [0.25, 0.3) is 0 Å². The molecular weight excluding hydrogens is 1780 g/mol. The molecule has 0 aliphatic carbocycles. The van der Waals surface area contributed by atoms with Crippen LogP contribution in [0.1, 0.15) is 263 Å². The van der Waals surface area contributed by atoms with Gasteiger partial charge < -0.3 is 90.4 Å². The second-order valence-electron chi connectivity index (χ2n) is 32.8. The van der Waals surface area contributed by atoms with Crippen molar-refractivity contribution in [1.29, 1.82) is 0 Å². The fourth-order valence-electron chi connectivity index (χ4n) is 11.9. The number of esters is 3. The number of benzene rings is 4. The van der Waals surface area contributed by atoms with Gasteiger partial charge in [0.05, 0.1) is 50.3 Å². The number of ether oxygens (including phenoxy) is 5. The number of ketones is 5. The van der Waals surface area contributed by atoms with Crippen LogP contribution in [-0.2, 0) is 92.5 Å². The van der Waals surface area contributed by atoms with E-state index in [1.54, 1.807) is 106 Å². The number of hydroxylamine groups is 2. The number of carbonyl (C=O) groups excluding carboxylic acids is 12. The molecule has 718 valence electrons. The Kier molecular flexibility index (Phi) is 71.6. The molecule has 127 heavy (non-hydrogen) atoms. The number of halogens is 4. The second kappa shape index (κ2) is 68.5. The van der Waals surface area contributed by atoms with E-state index in [1.807, 2.05) is 72.7 Å². The molecule has 28 nitrogen and oxygen atoms in total. The zero-order valence-corrected chi connectivity index (χ0v) is 84.2. The number of phenolic OH excluding ortho intramolecular Hbond substituents is 2. The Morgan fingerprint density at radius 2 is 1.06 bits per heavy atom. The average molecular weight is 1930 g/mol. The molecule has 1 fully saturated rings. The smallest absolute Gasteiger partial charge is 1.00 e. The number of fused-ring (bicyclic) bond motifs is 5. The zero-order chi connectivity index (χ0) is 92.8. The number of Topliss-reactive ketones (excluding diaryl/α,β-unsaturated/α-hetero) is 5. The van der Waals surface area contributed by atoms with Crippen molar-refractivity contribution in [3.8, 4) is 33.8 Å². The van der Waals surface area contributed by atoms with Crippen molar-refractivity contribution in [3.63, 3.8) is 0 Å². The summed E-state index contributed by atoms with van der Waals surface area (Å²) in [7, 11) is 6.10. The van der Waals surface area contributed by atoms with Crippen molar-refractivity contribution in [1.82, 2.24) is 20.6 Å². The van der Waals surface area contributed by atoms with Gasteiger partial charge in [0, 0.05) is 99.8 Å². The Morgan fingerprint density at radius 3 is 1.43 bits per heavy atom. The van der Waals surface area contributed by atoms with Crippen molar-refractivity contribution in [2.45, 2.75) is 283 Å². The Balaban J connectivity index is -0.000000347. The molecule has 1 saturated heterocycles. The number of carboxylic acid groups (broad SMARTS) is 1. The van der Waals surface area contributed by atoms with Gasteiger partial charge in [-0.2, -0.15) is 0 Å². The number of aliphatic carboxylic acids is 1. The number of nitrogens with one attached hydrogen (secondary N) is 2. The van der Waals surface area contributed by atoms with Crippen LogP contribution in [0, 0.1) is 37.0 Å². The summed E-state index contributed by atoms with van der Waals surface area (Å²) in [6.45, 7) is 36.4. The Labute approximate surface area is 800 Å². The Hall–Kier alpha value is -7.49. The first-order valence-corrected chi connectivity index (χ1v) is 42.0. The molecule has 2 heterocycles. The summed E-state index contributed by atoms with van der Waals surface area (Å²) in [5.74, 6) is -8.23. The standard InChI is InChI=1S/C47H53ClN4O8.C12H23NO4.C11H20O3.C10H18O4.C5H11NO.C4H8O.C3H8O.CH4.CH3.BrH.2ClH.Mg/c1-5-38(28(3)53)50-46(59)39-24-29-9-19-40(54)36(23-29)37-25-33(16-20-41(37)55)44(43(57)22-27(2)45(58)51-39)52(4)47(60)34(8-6-7-21-49)26-42(56)32-12-10-30(11-13-32)31-14-17-35(48)18-15-31;1-7-9(11(15)13(5)16-6)8-10(14)17-12(2,3)4;1-6-9(8(2)12)7-10(13)14-11(3,4)5;1-5-7(9(12)13)6-8(11)14-10(2,3)4;1-3-5(6)4(2)7;1-2-4-5-3-1;1-3-4-2;;;;;;/h9-20,23,25,27,34,38-39,44,54-55H,5-8,21-22,24,26,49H2,1-4H3,(H,50,59)(H,51,58);9H,7-8H2,1-6H3;9H,6-7H2,1-5H3;7H,5-6H2,1-4H3,(H,12,13);5H,3,6H2,1-2H3;1-4H2;3H2,1-2H3;1H4;1H3;3*1H;/q;;;;;;;;-1;;;;+2/p-1/t27-,34-,38+,39+,44+;2*9-;7-;5-;;;;;;;;/m11110......../s1. The number of unbranched alkanes of at least 4 members (excludes halogenated alkanes) is 1. The summed E-state index contributed by atoms with van der Waals surface area (Å²) >= 11 is 6.05. The largest absolute Gasteiger partial charge is 2.00 e. The molecule has 0 saturated carbocycles. The molecule has 33 heteroatoms. The molecule has 0 aromatic heterocycles. The third-order valence-corrected chi connectivity index (χ3v) is 19.3. The molecule has 9 N–H and O–H groups in total. The number of carboxylic acids is 1. The van der Waals surface area contributed by atoms with Gasteiger partial charge in [-0.15, -0.1) is 24.8 Å². The van der Waals surface area contributed by atoms with Crippen molar-refractivity contribution >= 4 is 136 Å². The number of amides is 4. The number of rotatable bonds is 30. The van der Waals surface area contributed by atoms with Gasteiger partial charge in [-0.05, 0) is 213 Å². The van der Waals surface area contributed by atoms with Gasteiger partial charge in [-0.3, -0.25) is 67.2 Å². The molecule has 0 spiro atoms.